The van der Waals surface area contributed by atoms with Crippen molar-refractivity contribution in [3.8, 4) is 0 Å². The van der Waals surface area contributed by atoms with E-state index in [9.17, 15) is 19.8 Å². The lowest BCUT2D eigenvalue weighted by Gasteiger charge is -2.45. The van der Waals surface area contributed by atoms with Gasteiger partial charge in [-0.1, -0.05) is 0 Å². The monoisotopic (exact) mass is 271 g/mol. The van der Waals surface area contributed by atoms with Crippen molar-refractivity contribution in [1.29, 1.82) is 0 Å². The molecule has 0 aromatic heterocycles. The molecule has 0 bridgehead atoms. The molecule has 4 atom stereocenters. The van der Waals surface area contributed by atoms with Crippen molar-refractivity contribution < 1.29 is 24.5 Å². The van der Waals surface area contributed by atoms with Crippen molar-refractivity contribution in [1.82, 2.24) is 4.90 Å². The lowest BCUT2D eigenvalue weighted by atomic mass is 9.69. The van der Waals surface area contributed by atoms with E-state index in [0.29, 0.717) is 18.9 Å². The van der Waals surface area contributed by atoms with Crippen molar-refractivity contribution in [2.45, 2.75) is 31.7 Å². The number of nitrogens with zero attached hydrogens (tertiary/aromatic N) is 1. The second kappa shape index (κ2) is 5.77. The molecule has 6 heteroatoms. The SMILES string of the molecule is COC(=O)N1CC2CCC(CO)CC2CC1C(=O)O. The quantitative estimate of drug-likeness (QED) is 0.780. The Morgan fingerprint density at radius 1 is 1.26 bits per heavy atom. The number of carboxylic acids is 1. The lowest BCUT2D eigenvalue weighted by Crippen LogP contribution is -2.54. The summed E-state index contributed by atoms with van der Waals surface area (Å²) in [6.07, 6.45) is 2.65. The van der Waals surface area contributed by atoms with Crippen LogP contribution in [0.1, 0.15) is 25.7 Å². The number of hydrogen-bond acceptors (Lipinski definition) is 4. The number of piperidine rings is 1. The van der Waals surface area contributed by atoms with Crippen LogP contribution < -0.4 is 0 Å². The molecule has 1 amide bonds. The highest BCUT2D eigenvalue weighted by Gasteiger charge is 2.43. The number of carboxylic acid groups (broad SMARTS) is 1. The number of likely N-dealkylation sites (tertiary alicyclic amines) is 1. The van der Waals surface area contributed by atoms with Crippen LogP contribution in [0.15, 0.2) is 0 Å². The van der Waals surface area contributed by atoms with Gasteiger partial charge in [0.15, 0.2) is 0 Å². The predicted octanol–water partition coefficient (Wildman–Crippen LogP) is 0.936. The molecule has 2 N–H and O–H groups in total. The van der Waals surface area contributed by atoms with Gasteiger partial charge in [0.05, 0.1) is 7.11 Å². The fraction of sp³-hybridized carbons (Fsp3) is 0.846. The van der Waals surface area contributed by atoms with Crippen LogP contribution in [0.3, 0.4) is 0 Å². The molecular weight excluding hydrogens is 250 g/mol. The highest BCUT2D eigenvalue weighted by molar-refractivity contribution is 5.80. The fourth-order valence-corrected chi connectivity index (χ4v) is 3.47. The zero-order valence-electron chi connectivity index (χ0n) is 11.1. The average molecular weight is 271 g/mol. The zero-order valence-corrected chi connectivity index (χ0v) is 11.1. The summed E-state index contributed by atoms with van der Waals surface area (Å²) in [5, 5.41) is 18.5. The Labute approximate surface area is 112 Å². The summed E-state index contributed by atoms with van der Waals surface area (Å²) in [6, 6.07) is -0.800. The van der Waals surface area contributed by atoms with Crippen LogP contribution in [0.25, 0.3) is 0 Å². The van der Waals surface area contributed by atoms with Crippen LogP contribution in [0.2, 0.25) is 0 Å². The molecule has 1 saturated heterocycles. The van der Waals surface area contributed by atoms with Gasteiger partial charge in [0.25, 0.3) is 0 Å². The maximum Gasteiger partial charge on any atom is 0.410 e. The number of methoxy groups -OCH3 is 1. The number of carbonyl (C=O) groups is 2. The van der Waals surface area contributed by atoms with E-state index in [-0.39, 0.29) is 18.4 Å². The molecule has 2 fully saturated rings. The van der Waals surface area contributed by atoms with Crippen molar-refractivity contribution >= 4 is 12.1 Å². The first-order chi connectivity index (χ1) is 9.06. The van der Waals surface area contributed by atoms with Gasteiger partial charge in [-0.15, -0.1) is 0 Å². The van der Waals surface area contributed by atoms with E-state index in [2.05, 4.69) is 4.74 Å². The molecule has 108 valence electrons. The van der Waals surface area contributed by atoms with Gasteiger partial charge < -0.3 is 14.9 Å². The van der Waals surface area contributed by atoms with Gasteiger partial charge >= 0.3 is 12.1 Å². The molecule has 4 unspecified atom stereocenters. The van der Waals surface area contributed by atoms with Gasteiger partial charge in [-0.25, -0.2) is 9.59 Å². The van der Waals surface area contributed by atoms with Crippen molar-refractivity contribution in [2.75, 3.05) is 20.3 Å². The first-order valence-corrected chi connectivity index (χ1v) is 6.75. The third-order valence-corrected chi connectivity index (χ3v) is 4.53. The van der Waals surface area contributed by atoms with Gasteiger partial charge in [0.2, 0.25) is 0 Å². The van der Waals surface area contributed by atoms with Crippen molar-refractivity contribution in [3.63, 3.8) is 0 Å². The summed E-state index contributed by atoms with van der Waals surface area (Å²) in [6.45, 7) is 0.619. The van der Waals surface area contributed by atoms with E-state index in [1.165, 1.54) is 12.0 Å². The summed E-state index contributed by atoms with van der Waals surface area (Å²) in [7, 11) is 1.27. The maximum atomic E-state index is 11.7. The topological polar surface area (TPSA) is 87.1 Å². The van der Waals surface area contributed by atoms with Crippen molar-refractivity contribution in [2.24, 2.45) is 17.8 Å². The molecule has 0 aromatic carbocycles. The van der Waals surface area contributed by atoms with Gasteiger partial charge in [0, 0.05) is 13.2 Å². The number of aliphatic hydroxyl groups is 1. The number of fused-ring (bicyclic) bond motifs is 1. The minimum absolute atomic E-state index is 0.168. The Morgan fingerprint density at radius 2 is 2.00 bits per heavy atom. The van der Waals surface area contributed by atoms with Gasteiger partial charge in [-0.05, 0) is 43.4 Å². The second-order valence-corrected chi connectivity index (χ2v) is 5.59. The van der Waals surface area contributed by atoms with E-state index in [1.54, 1.807) is 0 Å². The zero-order chi connectivity index (χ0) is 14.0. The highest BCUT2D eigenvalue weighted by atomic mass is 16.5. The molecule has 0 radical (unpaired) electrons. The number of rotatable bonds is 2. The molecule has 0 aromatic rings. The number of carbonyl (C=O) groups excluding carboxylic acids is 1. The number of aliphatic carboxylic acids is 1. The number of ether oxygens (including phenoxy) is 1. The Bertz CT molecular complexity index is 359. The summed E-state index contributed by atoms with van der Waals surface area (Å²) in [5.74, 6) is -0.0826. The molecular formula is C13H21NO5. The first-order valence-electron chi connectivity index (χ1n) is 6.75. The van der Waals surface area contributed by atoms with E-state index in [4.69, 9.17) is 0 Å². The average Bonchev–Trinajstić information content (AvgIpc) is 2.44. The van der Waals surface area contributed by atoms with Crippen molar-refractivity contribution in [3.05, 3.63) is 0 Å². The lowest BCUT2D eigenvalue weighted by molar-refractivity contribution is -0.146. The van der Waals surface area contributed by atoms with E-state index < -0.39 is 18.1 Å². The highest BCUT2D eigenvalue weighted by Crippen LogP contribution is 2.41. The number of amides is 1. The normalized spacial score (nSPS) is 34.5. The van der Waals surface area contributed by atoms with Crippen LogP contribution in [0.5, 0.6) is 0 Å². The second-order valence-electron chi connectivity index (χ2n) is 5.59. The third-order valence-electron chi connectivity index (χ3n) is 4.53. The summed E-state index contributed by atoms with van der Waals surface area (Å²) in [5.41, 5.74) is 0. The van der Waals surface area contributed by atoms with Crippen LogP contribution in [-0.4, -0.2) is 53.5 Å². The number of aliphatic hydroxyl groups excluding tert-OH is 1. The Hall–Kier alpha value is -1.30. The Morgan fingerprint density at radius 3 is 2.58 bits per heavy atom. The summed E-state index contributed by atoms with van der Waals surface area (Å²) < 4.78 is 4.68. The summed E-state index contributed by atoms with van der Waals surface area (Å²) in [4.78, 5) is 24.3. The van der Waals surface area contributed by atoms with Crippen LogP contribution >= 0.6 is 0 Å². The van der Waals surface area contributed by atoms with Crippen LogP contribution in [0.4, 0.5) is 4.79 Å². The fourth-order valence-electron chi connectivity index (χ4n) is 3.47. The first kappa shape index (κ1) is 14.1. The summed E-state index contributed by atoms with van der Waals surface area (Å²) >= 11 is 0. The Balaban J connectivity index is 2.10. The van der Waals surface area contributed by atoms with Gasteiger partial charge in [-0.3, -0.25) is 4.90 Å². The number of hydrogen-bond donors (Lipinski definition) is 2. The molecule has 19 heavy (non-hydrogen) atoms. The molecule has 1 aliphatic carbocycles. The standard InChI is InChI=1S/C13H21NO5/c1-19-13(18)14-6-9-3-2-8(7-15)4-10(9)5-11(14)12(16)17/h8-11,15H,2-7H2,1H3,(H,16,17). The Kier molecular flexibility index (Phi) is 4.29. The van der Waals surface area contributed by atoms with Crippen LogP contribution in [-0.2, 0) is 9.53 Å². The smallest absolute Gasteiger partial charge is 0.410 e. The molecule has 2 rings (SSSR count). The molecule has 1 saturated carbocycles. The van der Waals surface area contributed by atoms with E-state index >= 15 is 0 Å². The predicted molar refractivity (Wildman–Crippen MR) is 66.6 cm³/mol. The molecule has 1 aliphatic heterocycles. The largest absolute Gasteiger partial charge is 0.480 e. The van der Waals surface area contributed by atoms with Gasteiger partial charge in [0.1, 0.15) is 6.04 Å². The van der Waals surface area contributed by atoms with E-state index in [1.807, 2.05) is 0 Å². The molecule has 1 heterocycles. The van der Waals surface area contributed by atoms with Crippen LogP contribution in [0, 0.1) is 17.8 Å². The molecule has 6 nitrogen and oxygen atoms in total. The molecule has 0 spiro atoms. The van der Waals surface area contributed by atoms with E-state index in [0.717, 1.165) is 19.3 Å². The maximum absolute atomic E-state index is 11.7. The van der Waals surface area contributed by atoms with Gasteiger partial charge in [-0.2, -0.15) is 0 Å². The minimum atomic E-state index is -0.977. The minimum Gasteiger partial charge on any atom is -0.480 e. The third kappa shape index (κ3) is 2.83. The molecule has 2 aliphatic rings.